The molecule has 348 valence electrons. The number of carbonyl (C=O) groups is 3. The molecule has 0 bridgehead atoms. The number of ether oxygens (including phenoxy) is 2. The van der Waals surface area contributed by atoms with Gasteiger partial charge in [0.2, 0.25) is 17.1 Å². The normalized spacial score (nSPS) is 18.2. The molecule has 0 radical (unpaired) electrons. The summed E-state index contributed by atoms with van der Waals surface area (Å²) in [5, 5.41) is 37.3. The van der Waals surface area contributed by atoms with E-state index in [0.717, 1.165) is 45.3 Å². The van der Waals surface area contributed by atoms with E-state index in [1.54, 1.807) is 65.6 Å². The topological polar surface area (TPSA) is 185 Å². The number of aromatic nitrogens is 1. The van der Waals surface area contributed by atoms with Crippen molar-refractivity contribution >= 4 is 28.7 Å². The summed E-state index contributed by atoms with van der Waals surface area (Å²) in [6.45, 7) is 5.86. The van der Waals surface area contributed by atoms with Crippen molar-refractivity contribution in [3.05, 3.63) is 142 Å². The Labute approximate surface area is 385 Å². The highest BCUT2D eigenvalue weighted by atomic mass is 16.5. The second-order valence-corrected chi connectivity index (χ2v) is 18.1. The number of piperidine rings is 3. The van der Waals surface area contributed by atoms with E-state index in [-0.39, 0.29) is 53.7 Å². The van der Waals surface area contributed by atoms with Crippen LogP contribution in [0.4, 0.5) is 0 Å². The van der Waals surface area contributed by atoms with Crippen molar-refractivity contribution in [1.82, 2.24) is 25.0 Å². The number of aromatic amines is 1. The van der Waals surface area contributed by atoms with Crippen LogP contribution >= 0.6 is 0 Å². The van der Waals surface area contributed by atoms with Gasteiger partial charge in [-0.2, -0.15) is 0 Å². The number of amides is 2. The van der Waals surface area contributed by atoms with Crippen LogP contribution in [-0.4, -0.2) is 118 Å². The molecule has 3 saturated heterocycles. The molecule has 3 fully saturated rings. The number of hydrogen-bond acceptors (Lipinski definition) is 11. The summed E-state index contributed by atoms with van der Waals surface area (Å²) < 4.78 is 11.9. The van der Waals surface area contributed by atoms with Crippen LogP contribution < -0.4 is 15.6 Å². The number of likely N-dealkylation sites (tertiary alicyclic amines) is 3. The molecular weight excluding hydrogens is 839 g/mol. The average molecular weight is 900 g/mol. The van der Waals surface area contributed by atoms with E-state index in [9.17, 15) is 34.5 Å². The van der Waals surface area contributed by atoms with E-state index in [1.807, 2.05) is 29.2 Å². The molecule has 14 heteroatoms. The Morgan fingerprint density at radius 2 is 1.42 bits per heavy atom. The number of esters is 1. The zero-order valence-corrected chi connectivity index (χ0v) is 37.4. The molecular formula is C52H61N5O9. The highest BCUT2D eigenvalue weighted by Crippen LogP contribution is 2.34. The summed E-state index contributed by atoms with van der Waals surface area (Å²) >= 11 is 0. The fourth-order valence-corrected chi connectivity index (χ4v) is 9.66. The van der Waals surface area contributed by atoms with Crippen molar-refractivity contribution in [2.24, 2.45) is 17.8 Å². The first-order valence-corrected chi connectivity index (χ1v) is 23.3. The molecule has 0 spiro atoms. The van der Waals surface area contributed by atoms with Crippen molar-refractivity contribution in [2.75, 3.05) is 65.6 Å². The summed E-state index contributed by atoms with van der Waals surface area (Å²) in [5.41, 5.74) is 0.407. The highest BCUT2D eigenvalue weighted by molar-refractivity contribution is 5.88. The second-order valence-electron chi connectivity index (χ2n) is 18.1. The lowest BCUT2D eigenvalue weighted by atomic mass is 9.86. The van der Waals surface area contributed by atoms with Gasteiger partial charge in [0.05, 0.1) is 18.2 Å². The molecule has 3 aliphatic heterocycles. The maximum atomic E-state index is 13.9. The van der Waals surface area contributed by atoms with Gasteiger partial charge < -0.3 is 44.9 Å². The first-order valence-electron chi connectivity index (χ1n) is 23.3. The smallest absolute Gasteiger partial charge is 0.347 e. The van der Waals surface area contributed by atoms with Gasteiger partial charge in [-0.05, 0) is 111 Å². The molecule has 1 aromatic heterocycles. The second kappa shape index (κ2) is 21.5. The predicted octanol–water partition coefficient (Wildman–Crippen LogP) is 5.10. The molecule has 0 saturated carbocycles. The number of fused-ring (bicyclic) bond motifs is 1. The minimum atomic E-state index is -2.10. The first kappa shape index (κ1) is 46.5. The van der Waals surface area contributed by atoms with Gasteiger partial charge in [0, 0.05) is 62.2 Å². The summed E-state index contributed by atoms with van der Waals surface area (Å²) in [6, 6.07) is 31.8. The zero-order valence-electron chi connectivity index (χ0n) is 37.4. The number of benzene rings is 4. The number of phenols is 1. The Balaban J connectivity index is 0.769. The number of phenolic OH excluding ortho intramolecular Hbond substituents is 1. The number of aliphatic hydroxyl groups excluding tert-OH is 1. The Kier molecular flexibility index (Phi) is 15.1. The number of hydrogen-bond donors (Lipinski definition) is 5. The Bertz CT molecular complexity index is 2480. The molecule has 66 heavy (non-hydrogen) atoms. The van der Waals surface area contributed by atoms with Crippen LogP contribution in [0.3, 0.4) is 0 Å². The van der Waals surface area contributed by atoms with Gasteiger partial charge in [-0.1, -0.05) is 78.9 Å². The average Bonchev–Trinajstić information content (AvgIpc) is 3.36. The molecule has 5 N–H and O–H groups in total. The maximum absolute atomic E-state index is 13.9. The largest absolute Gasteiger partial charge is 0.506 e. The minimum Gasteiger partial charge on any atom is -0.506 e. The molecule has 8 rings (SSSR count). The zero-order chi connectivity index (χ0) is 46.0. The van der Waals surface area contributed by atoms with E-state index in [2.05, 4.69) is 27.3 Å². The fourth-order valence-electron chi connectivity index (χ4n) is 9.66. The lowest BCUT2D eigenvalue weighted by molar-refractivity contribution is -0.164. The Morgan fingerprint density at radius 1 is 0.758 bits per heavy atom. The maximum Gasteiger partial charge on any atom is 0.347 e. The van der Waals surface area contributed by atoms with E-state index in [0.29, 0.717) is 85.8 Å². The van der Waals surface area contributed by atoms with Crippen LogP contribution in [0.5, 0.6) is 11.5 Å². The lowest BCUT2D eigenvalue weighted by Gasteiger charge is -2.37. The van der Waals surface area contributed by atoms with Crippen LogP contribution in [0.2, 0.25) is 0 Å². The standard InChI is InChI=1S/C52H61N5O9/c58-45-16-14-43(44-15-17-47(60)54-49(44)45)46(59)32-53-31-36-20-26-57(27-21-36)50(62)39-22-28-56(29-23-39)48(61)35-65-42-13-7-12-41(30-42)52(64,40-10-5-2-6-11-40)51(63)66-34-38-18-24-55(25-19-38)33-37-8-3-1-4-9-37/h1-17,30,36,38-39,46,53,58-59,64H,18-29,31-35H2,(H,54,60)/t46?,52-/m0/s1. The number of pyridine rings is 1. The number of carbonyl (C=O) groups excluding carboxylic acids is 3. The van der Waals surface area contributed by atoms with E-state index in [4.69, 9.17) is 9.47 Å². The summed E-state index contributed by atoms with van der Waals surface area (Å²) in [6.07, 6.45) is 3.75. The van der Waals surface area contributed by atoms with E-state index >= 15 is 0 Å². The third-order valence-corrected chi connectivity index (χ3v) is 13.7. The lowest BCUT2D eigenvalue weighted by Crippen LogP contribution is -2.48. The van der Waals surface area contributed by atoms with E-state index < -0.39 is 17.7 Å². The molecule has 4 heterocycles. The van der Waals surface area contributed by atoms with Crippen LogP contribution in [0.1, 0.15) is 66.9 Å². The van der Waals surface area contributed by atoms with Gasteiger partial charge in [-0.15, -0.1) is 0 Å². The minimum absolute atomic E-state index is 0.0507. The van der Waals surface area contributed by atoms with Crippen LogP contribution in [0, 0.1) is 17.8 Å². The van der Waals surface area contributed by atoms with Gasteiger partial charge in [-0.25, -0.2) is 4.79 Å². The molecule has 2 amide bonds. The molecule has 0 aliphatic carbocycles. The number of nitrogens with one attached hydrogen (secondary N) is 2. The molecule has 3 aliphatic rings. The van der Waals surface area contributed by atoms with Crippen molar-refractivity contribution in [3.63, 3.8) is 0 Å². The quantitative estimate of drug-likeness (QED) is 0.0831. The SMILES string of the molecule is O=C(COc1cccc([C@](O)(C(=O)OCC2CCN(Cc3ccccc3)CC2)c2ccccc2)c1)N1CCC(C(=O)N2CCC(CNCC(O)c3ccc(O)c4[nH]c(=O)ccc34)CC2)CC1. The molecule has 2 atom stereocenters. The number of nitrogens with zero attached hydrogens (tertiary/aromatic N) is 3. The third-order valence-electron chi connectivity index (χ3n) is 13.7. The predicted molar refractivity (Wildman–Crippen MR) is 249 cm³/mol. The van der Waals surface area contributed by atoms with Crippen LogP contribution in [0.25, 0.3) is 10.9 Å². The third kappa shape index (κ3) is 11.1. The molecule has 5 aromatic rings. The van der Waals surface area contributed by atoms with E-state index in [1.165, 1.54) is 17.7 Å². The first-order chi connectivity index (χ1) is 32.0. The van der Waals surface area contributed by atoms with Crippen molar-refractivity contribution in [2.45, 2.75) is 56.8 Å². The number of aromatic hydroxyl groups is 1. The Morgan fingerprint density at radius 3 is 2.15 bits per heavy atom. The monoisotopic (exact) mass is 899 g/mol. The van der Waals surface area contributed by atoms with Gasteiger partial charge >= 0.3 is 5.97 Å². The van der Waals surface area contributed by atoms with Gasteiger partial charge in [-0.3, -0.25) is 19.3 Å². The summed E-state index contributed by atoms with van der Waals surface area (Å²) in [7, 11) is 0. The van der Waals surface area contributed by atoms with Crippen LogP contribution in [-0.2, 0) is 31.3 Å². The van der Waals surface area contributed by atoms with Gasteiger partial charge in [0.25, 0.3) is 5.91 Å². The van der Waals surface area contributed by atoms with Gasteiger partial charge in [0.15, 0.2) is 6.61 Å². The summed E-state index contributed by atoms with van der Waals surface area (Å²) in [5.74, 6) is -0.184. The molecule has 4 aromatic carbocycles. The van der Waals surface area contributed by atoms with Crippen molar-refractivity contribution < 1.29 is 39.2 Å². The van der Waals surface area contributed by atoms with Crippen molar-refractivity contribution in [3.8, 4) is 11.5 Å². The summed E-state index contributed by atoms with van der Waals surface area (Å²) in [4.78, 5) is 61.3. The Hall–Kier alpha value is -6.06. The fraction of sp³-hybridized carbons (Fsp3) is 0.423. The van der Waals surface area contributed by atoms with Gasteiger partial charge in [0.1, 0.15) is 11.5 Å². The molecule has 14 nitrogen and oxygen atoms in total. The number of aliphatic hydroxyl groups is 2. The number of H-pyrrole nitrogens is 1. The van der Waals surface area contributed by atoms with Crippen LogP contribution in [0.15, 0.2) is 114 Å². The number of rotatable bonds is 16. The highest BCUT2D eigenvalue weighted by Gasteiger charge is 2.42. The van der Waals surface area contributed by atoms with Crippen molar-refractivity contribution in [1.29, 1.82) is 0 Å². The molecule has 1 unspecified atom stereocenters.